The van der Waals surface area contributed by atoms with Crippen LogP contribution < -0.4 is 15.4 Å². The maximum atomic E-state index is 12.9. The Balaban J connectivity index is 1.98. The first kappa shape index (κ1) is 23.7. The standard InChI is InChI=1S/C23H23BrN2O5S/c1-11-7-6-8-12(2)18(11)26-21(28)13(3)31-19-16(24)10-9-15-17(23(29)30-5)22(25-14(4)27)32-20(15)19/h6-10,13H,1-5H3,(H,25,27)(H,26,28). The van der Waals surface area contributed by atoms with Gasteiger partial charge in [-0.3, -0.25) is 9.59 Å². The lowest BCUT2D eigenvalue weighted by atomic mass is 10.1. The Hall–Kier alpha value is -2.91. The number of carbonyl (C=O) groups excluding carboxylic acids is 3. The molecule has 0 saturated carbocycles. The molecule has 2 amide bonds. The number of hydrogen-bond acceptors (Lipinski definition) is 6. The van der Waals surface area contributed by atoms with Gasteiger partial charge in [0.1, 0.15) is 10.6 Å². The fraction of sp³-hybridized carbons (Fsp3) is 0.261. The van der Waals surface area contributed by atoms with Crippen LogP contribution in [-0.4, -0.2) is 31.0 Å². The van der Waals surface area contributed by atoms with E-state index in [1.165, 1.54) is 25.4 Å². The van der Waals surface area contributed by atoms with Crippen LogP contribution in [0, 0.1) is 13.8 Å². The van der Waals surface area contributed by atoms with Gasteiger partial charge in [-0.05, 0) is 53.9 Å². The topological polar surface area (TPSA) is 93.7 Å². The summed E-state index contributed by atoms with van der Waals surface area (Å²) < 4.78 is 12.2. The van der Waals surface area contributed by atoms with Gasteiger partial charge in [-0.25, -0.2) is 4.79 Å². The molecule has 3 aromatic rings. The van der Waals surface area contributed by atoms with Crippen LogP contribution in [0.25, 0.3) is 10.1 Å². The molecule has 32 heavy (non-hydrogen) atoms. The van der Waals surface area contributed by atoms with Gasteiger partial charge >= 0.3 is 5.97 Å². The molecule has 1 atom stereocenters. The summed E-state index contributed by atoms with van der Waals surface area (Å²) in [4.78, 5) is 36.9. The normalized spacial score (nSPS) is 11.7. The summed E-state index contributed by atoms with van der Waals surface area (Å²) in [5.41, 5.74) is 2.90. The fourth-order valence-corrected chi connectivity index (χ4v) is 5.02. The number of para-hydroxylation sites is 1. The van der Waals surface area contributed by atoms with Crippen molar-refractivity contribution in [3.05, 3.63) is 51.5 Å². The van der Waals surface area contributed by atoms with Gasteiger partial charge in [-0.1, -0.05) is 24.3 Å². The van der Waals surface area contributed by atoms with Crippen LogP contribution in [0.3, 0.4) is 0 Å². The third-order valence-corrected chi connectivity index (χ3v) is 6.58. The van der Waals surface area contributed by atoms with Crippen LogP contribution in [0.5, 0.6) is 5.75 Å². The van der Waals surface area contributed by atoms with Gasteiger partial charge in [-0.15, -0.1) is 11.3 Å². The largest absolute Gasteiger partial charge is 0.478 e. The van der Waals surface area contributed by atoms with E-state index in [-0.39, 0.29) is 17.4 Å². The quantitative estimate of drug-likeness (QED) is 0.424. The van der Waals surface area contributed by atoms with Crippen molar-refractivity contribution in [2.45, 2.75) is 33.8 Å². The Morgan fingerprint density at radius 3 is 2.31 bits per heavy atom. The van der Waals surface area contributed by atoms with E-state index in [0.29, 0.717) is 25.3 Å². The molecule has 3 rings (SSSR count). The van der Waals surface area contributed by atoms with Crippen molar-refractivity contribution in [1.82, 2.24) is 0 Å². The number of benzene rings is 2. The van der Waals surface area contributed by atoms with Gasteiger partial charge in [0.2, 0.25) is 5.91 Å². The lowest BCUT2D eigenvalue weighted by Gasteiger charge is -2.18. The Morgan fingerprint density at radius 1 is 1.06 bits per heavy atom. The number of nitrogens with one attached hydrogen (secondary N) is 2. The third kappa shape index (κ3) is 4.78. The molecule has 9 heteroatoms. The zero-order chi connectivity index (χ0) is 23.6. The second kappa shape index (κ2) is 9.70. The van der Waals surface area contributed by atoms with Gasteiger partial charge in [-0.2, -0.15) is 0 Å². The van der Waals surface area contributed by atoms with Crippen LogP contribution in [-0.2, 0) is 14.3 Å². The molecule has 7 nitrogen and oxygen atoms in total. The molecule has 168 valence electrons. The summed E-state index contributed by atoms with van der Waals surface area (Å²) in [6, 6.07) is 9.25. The fourth-order valence-electron chi connectivity index (χ4n) is 3.24. The number of fused-ring (bicyclic) bond motifs is 1. The van der Waals surface area contributed by atoms with E-state index in [0.717, 1.165) is 16.8 Å². The van der Waals surface area contributed by atoms with E-state index in [2.05, 4.69) is 26.6 Å². The predicted molar refractivity (Wildman–Crippen MR) is 130 cm³/mol. The zero-order valence-electron chi connectivity index (χ0n) is 18.3. The van der Waals surface area contributed by atoms with Crippen molar-refractivity contribution in [2.24, 2.45) is 0 Å². The first-order valence-corrected chi connectivity index (χ1v) is 11.4. The molecule has 0 saturated heterocycles. The summed E-state index contributed by atoms with van der Waals surface area (Å²) in [7, 11) is 1.28. The summed E-state index contributed by atoms with van der Waals surface area (Å²) in [6.07, 6.45) is -0.830. The minimum atomic E-state index is -0.830. The number of anilines is 2. The third-order valence-electron chi connectivity index (χ3n) is 4.84. The van der Waals surface area contributed by atoms with Gasteiger partial charge in [0.15, 0.2) is 11.9 Å². The first-order chi connectivity index (χ1) is 15.1. The van der Waals surface area contributed by atoms with Crippen LogP contribution in [0.2, 0.25) is 0 Å². The zero-order valence-corrected chi connectivity index (χ0v) is 20.7. The lowest BCUT2D eigenvalue weighted by Crippen LogP contribution is -2.30. The lowest BCUT2D eigenvalue weighted by molar-refractivity contribution is -0.122. The number of esters is 1. The summed E-state index contributed by atoms with van der Waals surface area (Å²) in [5.74, 6) is -0.796. The van der Waals surface area contributed by atoms with Crippen molar-refractivity contribution in [3.8, 4) is 5.75 Å². The number of halogens is 1. The number of methoxy groups -OCH3 is 1. The molecule has 0 radical (unpaired) electrons. The van der Waals surface area contributed by atoms with E-state index in [9.17, 15) is 14.4 Å². The Morgan fingerprint density at radius 2 is 1.72 bits per heavy atom. The minimum absolute atomic E-state index is 0.243. The number of aryl methyl sites for hydroxylation is 2. The van der Waals surface area contributed by atoms with E-state index < -0.39 is 12.1 Å². The number of rotatable bonds is 6. The van der Waals surface area contributed by atoms with Crippen LogP contribution in [0.1, 0.15) is 35.3 Å². The molecule has 0 bridgehead atoms. The molecule has 0 aliphatic rings. The maximum absolute atomic E-state index is 12.9. The van der Waals surface area contributed by atoms with Crippen LogP contribution in [0.4, 0.5) is 10.7 Å². The van der Waals surface area contributed by atoms with Crippen molar-refractivity contribution in [1.29, 1.82) is 0 Å². The summed E-state index contributed by atoms with van der Waals surface area (Å²) in [5, 5.41) is 6.52. The number of ether oxygens (including phenoxy) is 2. The number of carbonyl (C=O) groups is 3. The SMILES string of the molecule is COC(=O)c1c(NC(C)=O)sc2c(OC(C)C(=O)Nc3c(C)cccc3C)c(Br)ccc12. The minimum Gasteiger partial charge on any atom is -0.478 e. The second-order valence-corrected chi connectivity index (χ2v) is 9.12. The van der Waals surface area contributed by atoms with Gasteiger partial charge in [0.05, 0.1) is 16.3 Å². The maximum Gasteiger partial charge on any atom is 0.341 e. The van der Waals surface area contributed by atoms with Gasteiger partial charge < -0.3 is 20.1 Å². The van der Waals surface area contributed by atoms with E-state index in [4.69, 9.17) is 9.47 Å². The highest BCUT2D eigenvalue weighted by atomic mass is 79.9. The first-order valence-electron chi connectivity index (χ1n) is 9.78. The van der Waals surface area contributed by atoms with Crippen molar-refractivity contribution in [3.63, 3.8) is 0 Å². The van der Waals surface area contributed by atoms with Crippen LogP contribution >= 0.6 is 27.3 Å². The smallest absolute Gasteiger partial charge is 0.341 e. The number of hydrogen-bond donors (Lipinski definition) is 2. The molecule has 0 fully saturated rings. The van der Waals surface area contributed by atoms with E-state index >= 15 is 0 Å². The van der Waals surface area contributed by atoms with E-state index in [1.54, 1.807) is 19.1 Å². The average Bonchev–Trinajstić information content (AvgIpc) is 3.09. The highest BCUT2D eigenvalue weighted by Crippen LogP contribution is 2.45. The van der Waals surface area contributed by atoms with Crippen molar-refractivity contribution >= 4 is 65.8 Å². The molecule has 1 unspecified atom stereocenters. The average molecular weight is 519 g/mol. The highest BCUT2D eigenvalue weighted by molar-refractivity contribution is 9.10. The Kier molecular flexibility index (Phi) is 7.20. The van der Waals surface area contributed by atoms with E-state index in [1.807, 2.05) is 32.0 Å². The van der Waals surface area contributed by atoms with Gasteiger partial charge in [0.25, 0.3) is 5.91 Å². The molecule has 2 aromatic carbocycles. The number of amides is 2. The summed E-state index contributed by atoms with van der Waals surface area (Å²) >= 11 is 4.65. The molecule has 0 aliphatic heterocycles. The molecule has 1 heterocycles. The second-order valence-electron chi connectivity index (χ2n) is 7.25. The molecular weight excluding hydrogens is 496 g/mol. The molecule has 2 N–H and O–H groups in total. The molecule has 0 aliphatic carbocycles. The van der Waals surface area contributed by atoms with Crippen LogP contribution in [0.15, 0.2) is 34.8 Å². The van der Waals surface area contributed by atoms with Crippen molar-refractivity contribution in [2.75, 3.05) is 17.7 Å². The molecule has 1 aromatic heterocycles. The Bertz CT molecular complexity index is 1200. The number of thiophene rings is 1. The highest BCUT2D eigenvalue weighted by Gasteiger charge is 2.26. The summed E-state index contributed by atoms with van der Waals surface area (Å²) in [6.45, 7) is 6.86. The molecular formula is C23H23BrN2O5S. The van der Waals surface area contributed by atoms with Gasteiger partial charge in [0, 0.05) is 18.0 Å². The predicted octanol–water partition coefficient (Wildman–Crippen LogP) is 5.43. The van der Waals surface area contributed by atoms with Crippen molar-refractivity contribution < 1.29 is 23.9 Å². The molecule has 0 spiro atoms. The monoisotopic (exact) mass is 518 g/mol. The Labute approximate surface area is 198 Å².